The molecule has 0 radical (unpaired) electrons. The van der Waals surface area contributed by atoms with Gasteiger partial charge in [0.25, 0.3) is 0 Å². The Labute approximate surface area is 111 Å². The summed E-state index contributed by atoms with van der Waals surface area (Å²) in [5.41, 5.74) is 0.968. The minimum atomic E-state index is -0.123. The second-order valence-corrected chi connectivity index (χ2v) is 4.82. The quantitative estimate of drug-likeness (QED) is 0.871. The summed E-state index contributed by atoms with van der Waals surface area (Å²) in [6.07, 6.45) is 1.04. The molecule has 2 rings (SSSR count). The van der Waals surface area contributed by atoms with Gasteiger partial charge in [0.15, 0.2) is 0 Å². The fourth-order valence-corrected chi connectivity index (χ4v) is 2.15. The molecule has 5 heteroatoms. The van der Waals surface area contributed by atoms with Crippen LogP contribution >= 0.6 is 11.6 Å². The Hall–Kier alpha value is -1.55. The molecule has 1 atom stereocenters. The lowest BCUT2D eigenvalue weighted by atomic mass is 9.98. The van der Waals surface area contributed by atoms with Crippen molar-refractivity contribution < 1.29 is 9.59 Å². The first-order chi connectivity index (χ1) is 8.65. The van der Waals surface area contributed by atoms with Crippen LogP contribution in [0.4, 0.5) is 0 Å². The van der Waals surface area contributed by atoms with Gasteiger partial charge in [-0.2, -0.15) is 0 Å². The van der Waals surface area contributed by atoms with Gasteiger partial charge in [-0.05, 0) is 24.1 Å². The average Bonchev–Trinajstić information content (AvgIpc) is 2.37. The Morgan fingerprint density at radius 2 is 2.33 bits per heavy atom. The van der Waals surface area contributed by atoms with Gasteiger partial charge in [-0.15, -0.1) is 0 Å². The van der Waals surface area contributed by atoms with Gasteiger partial charge >= 0.3 is 0 Å². The number of carbonyl (C=O) groups excluding carboxylic acids is 2. The Morgan fingerprint density at radius 3 is 3.00 bits per heavy atom. The zero-order valence-electron chi connectivity index (χ0n) is 9.91. The highest BCUT2D eigenvalue weighted by atomic mass is 35.5. The van der Waals surface area contributed by atoms with E-state index in [1.807, 2.05) is 18.2 Å². The van der Waals surface area contributed by atoms with E-state index in [0.29, 0.717) is 31.0 Å². The normalized spacial score (nSPS) is 19.2. The van der Waals surface area contributed by atoms with Crippen molar-refractivity contribution in [1.82, 2.24) is 10.6 Å². The minimum absolute atomic E-state index is 0.0185. The largest absolute Gasteiger partial charge is 0.355 e. The van der Waals surface area contributed by atoms with E-state index in [9.17, 15) is 9.59 Å². The van der Waals surface area contributed by atoms with Crippen LogP contribution in [0.15, 0.2) is 24.3 Å². The number of benzene rings is 1. The predicted octanol–water partition coefficient (Wildman–Crippen LogP) is 1.48. The van der Waals surface area contributed by atoms with Gasteiger partial charge < -0.3 is 10.6 Å². The number of hydrogen-bond donors (Lipinski definition) is 2. The fraction of sp³-hybridized carbons (Fsp3) is 0.385. The van der Waals surface area contributed by atoms with E-state index in [4.69, 9.17) is 11.6 Å². The number of amides is 2. The first-order valence-corrected chi connectivity index (χ1v) is 6.32. The molecule has 1 aliphatic heterocycles. The van der Waals surface area contributed by atoms with Crippen LogP contribution < -0.4 is 10.6 Å². The number of carbonyl (C=O) groups is 2. The Morgan fingerprint density at radius 1 is 1.50 bits per heavy atom. The topological polar surface area (TPSA) is 58.2 Å². The Balaban J connectivity index is 1.83. The maximum atomic E-state index is 11.9. The molecular weight excluding hydrogens is 252 g/mol. The lowest BCUT2D eigenvalue weighted by molar-refractivity contribution is -0.129. The van der Waals surface area contributed by atoms with Crippen LogP contribution in [0.5, 0.6) is 0 Å². The first kappa shape index (κ1) is 12.9. The smallest absolute Gasteiger partial charge is 0.225 e. The number of hydrogen-bond acceptors (Lipinski definition) is 2. The van der Waals surface area contributed by atoms with Gasteiger partial charge in [-0.1, -0.05) is 23.7 Å². The molecule has 4 nitrogen and oxygen atoms in total. The second kappa shape index (κ2) is 5.87. The summed E-state index contributed by atoms with van der Waals surface area (Å²) in [7, 11) is 0. The summed E-state index contributed by atoms with van der Waals surface area (Å²) in [5, 5.41) is 6.22. The van der Waals surface area contributed by atoms with E-state index in [1.165, 1.54) is 0 Å². The zero-order chi connectivity index (χ0) is 13.0. The molecule has 1 unspecified atom stereocenters. The zero-order valence-corrected chi connectivity index (χ0v) is 10.7. The summed E-state index contributed by atoms with van der Waals surface area (Å²) in [5.74, 6) is -0.120. The molecule has 1 aliphatic rings. The van der Waals surface area contributed by atoms with Crippen LogP contribution in [0.25, 0.3) is 0 Å². The van der Waals surface area contributed by atoms with E-state index in [2.05, 4.69) is 10.6 Å². The van der Waals surface area contributed by atoms with Crippen molar-refractivity contribution >= 4 is 23.4 Å². The van der Waals surface area contributed by atoms with Crippen LogP contribution in [-0.4, -0.2) is 18.4 Å². The maximum absolute atomic E-state index is 11.9. The summed E-state index contributed by atoms with van der Waals surface area (Å²) >= 11 is 5.86. The molecule has 0 bridgehead atoms. The third-order valence-electron chi connectivity index (χ3n) is 2.99. The molecule has 1 aromatic rings. The van der Waals surface area contributed by atoms with Crippen LogP contribution in [0.2, 0.25) is 5.02 Å². The minimum Gasteiger partial charge on any atom is -0.355 e. The summed E-state index contributed by atoms with van der Waals surface area (Å²) < 4.78 is 0. The van der Waals surface area contributed by atoms with Gasteiger partial charge in [0.1, 0.15) is 0 Å². The van der Waals surface area contributed by atoms with Crippen molar-refractivity contribution in [3.8, 4) is 0 Å². The maximum Gasteiger partial charge on any atom is 0.225 e. The summed E-state index contributed by atoms with van der Waals surface area (Å²) in [4.78, 5) is 22.9. The van der Waals surface area contributed by atoms with E-state index < -0.39 is 0 Å². The lowest BCUT2D eigenvalue weighted by Gasteiger charge is -2.21. The van der Waals surface area contributed by atoms with Gasteiger partial charge in [0.05, 0.1) is 5.92 Å². The van der Waals surface area contributed by atoms with Crippen LogP contribution in [0.3, 0.4) is 0 Å². The molecule has 0 spiro atoms. The molecule has 0 aliphatic carbocycles. The third kappa shape index (κ3) is 3.47. The number of halogens is 1. The van der Waals surface area contributed by atoms with Crippen LogP contribution in [-0.2, 0) is 16.1 Å². The number of rotatable bonds is 3. The molecule has 0 saturated carbocycles. The number of nitrogens with one attached hydrogen (secondary N) is 2. The van der Waals surface area contributed by atoms with E-state index in [1.54, 1.807) is 6.07 Å². The van der Waals surface area contributed by atoms with Gasteiger partial charge in [0, 0.05) is 24.5 Å². The van der Waals surface area contributed by atoms with Gasteiger partial charge in [-0.25, -0.2) is 0 Å². The Kier molecular flexibility index (Phi) is 4.20. The molecule has 1 heterocycles. The predicted molar refractivity (Wildman–Crippen MR) is 69.0 cm³/mol. The van der Waals surface area contributed by atoms with Crippen LogP contribution in [0, 0.1) is 5.92 Å². The van der Waals surface area contributed by atoms with E-state index in [-0.39, 0.29) is 17.7 Å². The van der Waals surface area contributed by atoms with Crippen molar-refractivity contribution in [2.45, 2.75) is 19.4 Å². The summed E-state index contributed by atoms with van der Waals surface area (Å²) in [6, 6.07) is 7.38. The SMILES string of the molecule is O=C1CCC(C(=O)NCc2cccc(Cl)c2)CN1. The van der Waals surface area contributed by atoms with E-state index >= 15 is 0 Å². The van der Waals surface area contributed by atoms with Crippen molar-refractivity contribution in [2.75, 3.05) is 6.54 Å². The highest BCUT2D eigenvalue weighted by molar-refractivity contribution is 6.30. The molecule has 2 amide bonds. The molecule has 96 valence electrons. The van der Waals surface area contributed by atoms with Crippen molar-refractivity contribution in [3.05, 3.63) is 34.9 Å². The molecule has 1 saturated heterocycles. The van der Waals surface area contributed by atoms with Crippen molar-refractivity contribution in [1.29, 1.82) is 0 Å². The lowest BCUT2D eigenvalue weighted by Crippen LogP contribution is -2.42. The number of piperidine rings is 1. The molecule has 18 heavy (non-hydrogen) atoms. The highest BCUT2D eigenvalue weighted by Crippen LogP contribution is 2.13. The second-order valence-electron chi connectivity index (χ2n) is 4.39. The standard InChI is InChI=1S/C13H15ClN2O2/c14-11-3-1-2-9(6-11)7-16-13(18)10-4-5-12(17)15-8-10/h1-3,6,10H,4-5,7-8H2,(H,15,17)(H,16,18). The molecular formula is C13H15ClN2O2. The van der Waals surface area contributed by atoms with Crippen molar-refractivity contribution in [3.63, 3.8) is 0 Å². The van der Waals surface area contributed by atoms with Gasteiger partial charge in [0.2, 0.25) is 11.8 Å². The molecule has 0 aromatic heterocycles. The highest BCUT2D eigenvalue weighted by Gasteiger charge is 2.23. The Bertz CT molecular complexity index is 452. The average molecular weight is 267 g/mol. The van der Waals surface area contributed by atoms with E-state index in [0.717, 1.165) is 5.56 Å². The molecule has 2 N–H and O–H groups in total. The first-order valence-electron chi connectivity index (χ1n) is 5.94. The third-order valence-corrected chi connectivity index (χ3v) is 3.23. The fourth-order valence-electron chi connectivity index (χ4n) is 1.94. The van der Waals surface area contributed by atoms with Crippen LogP contribution in [0.1, 0.15) is 18.4 Å². The van der Waals surface area contributed by atoms with Gasteiger partial charge in [-0.3, -0.25) is 9.59 Å². The monoisotopic (exact) mass is 266 g/mol. The van der Waals surface area contributed by atoms with Crippen molar-refractivity contribution in [2.24, 2.45) is 5.92 Å². The molecule has 1 fully saturated rings. The summed E-state index contributed by atoms with van der Waals surface area (Å²) in [6.45, 7) is 0.893. The molecule has 1 aromatic carbocycles.